The molecule has 0 aliphatic carbocycles. The van der Waals surface area contributed by atoms with Gasteiger partial charge in [0.25, 0.3) is 0 Å². The van der Waals surface area contributed by atoms with Gasteiger partial charge in [-0.25, -0.2) is 8.42 Å². The Morgan fingerprint density at radius 1 is 1.25 bits per heavy atom. The molecule has 1 aromatic heterocycles. The molecule has 1 aromatic carbocycles. The van der Waals surface area contributed by atoms with Crippen molar-refractivity contribution in [2.24, 2.45) is 0 Å². The minimum atomic E-state index is -3.37. The van der Waals surface area contributed by atoms with E-state index in [1.165, 1.54) is 15.6 Å². The fourth-order valence-corrected chi connectivity index (χ4v) is 3.75. The molecule has 0 spiro atoms. The summed E-state index contributed by atoms with van der Waals surface area (Å²) in [6.45, 7) is 0.735. The van der Waals surface area contributed by atoms with Gasteiger partial charge in [0, 0.05) is 29.5 Å². The van der Waals surface area contributed by atoms with Crippen LogP contribution in [0.25, 0.3) is 0 Å². The fraction of sp³-hybridized carbons (Fsp3) is 0.312. The number of hydrogen-bond acceptors (Lipinski definition) is 4. The van der Waals surface area contributed by atoms with Crippen LogP contribution in [0.2, 0.25) is 5.02 Å². The molecule has 2 aromatic rings. The first-order valence-corrected chi connectivity index (χ1v) is 10.4. The van der Waals surface area contributed by atoms with Crippen LogP contribution in [-0.2, 0) is 27.8 Å². The molecule has 24 heavy (non-hydrogen) atoms. The predicted molar refractivity (Wildman–Crippen MR) is 97.7 cm³/mol. The van der Waals surface area contributed by atoms with E-state index in [2.05, 4.69) is 5.32 Å². The number of carbonyl (C=O) groups excluding carboxylic acids is 1. The van der Waals surface area contributed by atoms with Gasteiger partial charge < -0.3 is 5.32 Å². The van der Waals surface area contributed by atoms with E-state index in [0.717, 1.165) is 16.7 Å². The number of halogens is 1. The van der Waals surface area contributed by atoms with Gasteiger partial charge in [0.1, 0.15) is 0 Å². The maximum absolute atomic E-state index is 11.9. The third-order valence-electron chi connectivity index (χ3n) is 3.34. The predicted octanol–water partition coefficient (Wildman–Crippen LogP) is 2.52. The summed E-state index contributed by atoms with van der Waals surface area (Å²) in [5.74, 6) is -0.114. The maximum atomic E-state index is 11.9. The number of thiophene rings is 1. The number of sulfonamides is 1. The topological polar surface area (TPSA) is 66.5 Å². The first kappa shape index (κ1) is 18.9. The summed E-state index contributed by atoms with van der Waals surface area (Å²) in [6.07, 6.45) is 1.48. The third kappa shape index (κ3) is 6.24. The molecule has 0 saturated heterocycles. The van der Waals surface area contributed by atoms with Crippen molar-refractivity contribution in [3.8, 4) is 0 Å². The van der Waals surface area contributed by atoms with E-state index in [1.54, 1.807) is 24.3 Å². The molecule has 0 atom stereocenters. The molecule has 0 aliphatic rings. The molecule has 0 aliphatic heterocycles. The van der Waals surface area contributed by atoms with E-state index < -0.39 is 10.0 Å². The molecule has 0 saturated carbocycles. The highest BCUT2D eigenvalue weighted by Gasteiger charge is 2.17. The zero-order valence-corrected chi connectivity index (χ0v) is 15.6. The van der Waals surface area contributed by atoms with Gasteiger partial charge in [-0.1, -0.05) is 29.8 Å². The van der Waals surface area contributed by atoms with Gasteiger partial charge in [-0.3, -0.25) is 4.79 Å². The third-order valence-corrected chi connectivity index (χ3v) is 5.72. The number of carbonyl (C=O) groups is 1. The van der Waals surface area contributed by atoms with Crippen molar-refractivity contribution in [1.29, 1.82) is 0 Å². The van der Waals surface area contributed by atoms with E-state index in [4.69, 9.17) is 11.6 Å². The van der Waals surface area contributed by atoms with Crippen LogP contribution in [0.15, 0.2) is 41.8 Å². The van der Waals surface area contributed by atoms with Gasteiger partial charge in [0.05, 0.1) is 12.7 Å². The van der Waals surface area contributed by atoms with Gasteiger partial charge in [0.2, 0.25) is 15.9 Å². The lowest BCUT2D eigenvalue weighted by Crippen LogP contribution is -2.38. The van der Waals surface area contributed by atoms with Crippen LogP contribution < -0.4 is 5.32 Å². The van der Waals surface area contributed by atoms with Crippen LogP contribution in [0.3, 0.4) is 0 Å². The Morgan fingerprint density at radius 3 is 2.54 bits per heavy atom. The van der Waals surface area contributed by atoms with Crippen molar-refractivity contribution in [3.05, 3.63) is 57.2 Å². The van der Waals surface area contributed by atoms with Crippen LogP contribution in [0.4, 0.5) is 0 Å². The second kappa shape index (κ2) is 8.62. The van der Waals surface area contributed by atoms with E-state index in [9.17, 15) is 13.2 Å². The van der Waals surface area contributed by atoms with Crippen LogP contribution >= 0.6 is 22.9 Å². The summed E-state index contributed by atoms with van der Waals surface area (Å²) in [7, 11) is -3.37. The summed E-state index contributed by atoms with van der Waals surface area (Å²) in [6, 6.07) is 10.8. The monoisotopic (exact) mass is 386 g/mol. The Bertz CT molecular complexity index is 759. The molecule has 130 valence electrons. The first-order valence-electron chi connectivity index (χ1n) is 7.33. The van der Waals surface area contributed by atoms with E-state index >= 15 is 0 Å². The molecule has 0 radical (unpaired) electrons. The summed E-state index contributed by atoms with van der Waals surface area (Å²) >= 11 is 7.36. The van der Waals surface area contributed by atoms with Gasteiger partial charge in [0.15, 0.2) is 0 Å². The minimum absolute atomic E-state index is 0.114. The molecule has 1 amide bonds. The van der Waals surface area contributed by atoms with Crippen LogP contribution in [-0.4, -0.2) is 38.0 Å². The summed E-state index contributed by atoms with van der Waals surface area (Å²) in [5.41, 5.74) is 0.842. The van der Waals surface area contributed by atoms with E-state index in [1.807, 2.05) is 17.5 Å². The molecule has 5 nitrogen and oxygen atoms in total. The fourth-order valence-electron chi connectivity index (χ4n) is 2.11. The zero-order chi connectivity index (χ0) is 17.6. The van der Waals surface area contributed by atoms with Crippen molar-refractivity contribution < 1.29 is 13.2 Å². The van der Waals surface area contributed by atoms with Crippen LogP contribution in [0.5, 0.6) is 0 Å². The van der Waals surface area contributed by atoms with Crippen molar-refractivity contribution in [1.82, 2.24) is 9.62 Å². The molecule has 0 bridgehead atoms. The van der Waals surface area contributed by atoms with Crippen molar-refractivity contribution >= 4 is 38.9 Å². The molecular weight excluding hydrogens is 368 g/mol. The smallest absolute Gasteiger partial charge is 0.225 e. The van der Waals surface area contributed by atoms with E-state index in [-0.39, 0.29) is 25.5 Å². The second-order valence-electron chi connectivity index (χ2n) is 5.33. The number of nitrogens with one attached hydrogen (secondary N) is 1. The second-order valence-corrected chi connectivity index (χ2v) is 8.78. The van der Waals surface area contributed by atoms with Crippen LogP contribution in [0, 0.1) is 0 Å². The van der Waals surface area contributed by atoms with Gasteiger partial charge in [-0.2, -0.15) is 4.31 Å². The number of nitrogens with zero attached hydrogens (tertiary/aromatic N) is 1. The lowest BCUT2D eigenvalue weighted by Gasteiger charge is -2.20. The van der Waals surface area contributed by atoms with Crippen molar-refractivity contribution in [3.63, 3.8) is 0 Å². The highest BCUT2D eigenvalue weighted by Crippen LogP contribution is 2.13. The summed E-state index contributed by atoms with van der Waals surface area (Å²) < 4.78 is 25.2. The Labute approximate surface area is 151 Å². The molecule has 0 unspecified atom stereocenters. The number of amides is 1. The first-order chi connectivity index (χ1) is 11.3. The van der Waals surface area contributed by atoms with Gasteiger partial charge >= 0.3 is 0 Å². The van der Waals surface area contributed by atoms with Crippen molar-refractivity contribution in [2.45, 2.75) is 13.0 Å². The standard InChI is InChI=1S/C16H19ClN2O3S2/c1-24(21,22)19(12-13-4-6-14(17)7-5-13)9-8-18-16(20)11-15-3-2-10-23-15/h2-7,10H,8-9,11-12H2,1H3,(H,18,20). The number of hydrogen-bond donors (Lipinski definition) is 1. The SMILES string of the molecule is CS(=O)(=O)N(CCNC(=O)Cc1cccs1)Cc1ccc(Cl)cc1. The quantitative estimate of drug-likeness (QED) is 0.758. The highest BCUT2D eigenvalue weighted by atomic mass is 35.5. The largest absolute Gasteiger partial charge is 0.354 e. The molecule has 1 heterocycles. The Morgan fingerprint density at radius 2 is 1.96 bits per heavy atom. The molecule has 8 heteroatoms. The molecule has 0 fully saturated rings. The lowest BCUT2D eigenvalue weighted by molar-refractivity contribution is -0.120. The zero-order valence-electron chi connectivity index (χ0n) is 13.2. The molecule has 1 N–H and O–H groups in total. The molecule has 2 rings (SSSR count). The van der Waals surface area contributed by atoms with Gasteiger partial charge in [-0.05, 0) is 29.1 Å². The van der Waals surface area contributed by atoms with Gasteiger partial charge in [-0.15, -0.1) is 11.3 Å². The minimum Gasteiger partial charge on any atom is -0.354 e. The number of rotatable bonds is 8. The lowest BCUT2D eigenvalue weighted by atomic mass is 10.2. The number of benzene rings is 1. The summed E-state index contributed by atoms with van der Waals surface area (Å²) in [5, 5.41) is 5.28. The van der Waals surface area contributed by atoms with E-state index in [0.29, 0.717) is 11.4 Å². The highest BCUT2D eigenvalue weighted by molar-refractivity contribution is 7.88. The Kier molecular flexibility index (Phi) is 6.79. The normalized spacial score (nSPS) is 11.6. The average molecular weight is 387 g/mol. The van der Waals surface area contributed by atoms with Crippen molar-refractivity contribution in [2.75, 3.05) is 19.3 Å². The summed E-state index contributed by atoms with van der Waals surface area (Å²) in [4.78, 5) is 12.8. The maximum Gasteiger partial charge on any atom is 0.225 e. The Hall–Kier alpha value is -1.41. The van der Waals surface area contributed by atoms with Crippen LogP contribution in [0.1, 0.15) is 10.4 Å². The molecular formula is C16H19ClN2O3S2. The average Bonchev–Trinajstić information content (AvgIpc) is 3.00. The Balaban J connectivity index is 1.87.